The van der Waals surface area contributed by atoms with Crippen LogP contribution in [0.4, 0.5) is 0 Å². The van der Waals surface area contributed by atoms with E-state index in [-0.39, 0.29) is 12.0 Å². The van der Waals surface area contributed by atoms with Crippen molar-refractivity contribution < 1.29 is 23.7 Å². The number of oxime groups is 1. The van der Waals surface area contributed by atoms with Gasteiger partial charge in [-0.2, -0.15) is 0 Å². The van der Waals surface area contributed by atoms with Crippen molar-refractivity contribution in [2.24, 2.45) is 11.1 Å². The van der Waals surface area contributed by atoms with Crippen LogP contribution >= 0.6 is 7.82 Å². The molecule has 0 radical (unpaired) electrons. The van der Waals surface area contributed by atoms with Gasteiger partial charge in [0.1, 0.15) is 6.10 Å². The Balaban J connectivity index is 1.59. The molecule has 8 heteroatoms. The molecule has 3 rings (SSSR count). The summed E-state index contributed by atoms with van der Waals surface area (Å²) in [6.45, 7) is 3.57. The molecule has 0 aromatic rings. The highest BCUT2D eigenvalue weighted by molar-refractivity contribution is 7.46. The van der Waals surface area contributed by atoms with Gasteiger partial charge in [0.05, 0.1) is 0 Å². The molecule has 0 aromatic carbocycles. The van der Waals surface area contributed by atoms with Gasteiger partial charge in [0.25, 0.3) is 0 Å². The molecule has 3 fully saturated rings. The number of rotatable bonds is 3. The minimum atomic E-state index is -4.57. The first kappa shape index (κ1) is 12.4. The summed E-state index contributed by atoms with van der Waals surface area (Å²) in [5.74, 6) is 0.708. The zero-order chi connectivity index (χ0) is 13.0. The fourth-order valence-electron chi connectivity index (χ4n) is 3.52. The van der Waals surface area contributed by atoms with Gasteiger partial charge in [-0.15, -0.1) is 0 Å². The van der Waals surface area contributed by atoms with Crippen molar-refractivity contribution >= 4 is 13.7 Å². The summed E-state index contributed by atoms with van der Waals surface area (Å²) >= 11 is 0. The molecule has 102 valence electrons. The average molecular weight is 276 g/mol. The summed E-state index contributed by atoms with van der Waals surface area (Å²) in [5.41, 5.74) is 0.370. The van der Waals surface area contributed by atoms with E-state index < -0.39 is 7.82 Å². The molecular formula is C10H17N2O5P. The molecule has 1 aliphatic carbocycles. The fraction of sp³-hybridized carbons (Fsp3) is 0.900. The normalized spacial score (nSPS) is 39.4. The van der Waals surface area contributed by atoms with E-state index in [4.69, 9.17) is 14.5 Å². The Kier molecular flexibility index (Phi) is 2.71. The minimum Gasteiger partial charge on any atom is -0.474 e. The Labute approximate surface area is 105 Å². The van der Waals surface area contributed by atoms with Crippen LogP contribution < -0.4 is 0 Å². The second-order valence-electron chi connectivity index (χ2n) is 5.28. The molecule has 0 amide bonds. The maximum Gasteiger partial charge on any atom is 0.545 e. The minimum absolute atomic E-state index is 0.0744. The van der Waals surface area contributed by atoms with Crippen molar-refractivity contribution in [2.75, 3.05) is 13.1 Å². The van der Waals surface area contributed by atoms with Crippen LogP contribution in [0.5, 0.6) is 0 Å². The number of hydrogen-bond donors (Lipinski definition) is 2. The third-order valence-corrected chi connectivity index (χ3v) is 4.76. The van der Waals surface area contributed by atoms with Crippen LogP contribution in [0.3, 0.4) is 0 Å². The maximum absolute atomic E-state index is 10.5. The van der Waals surface area contributed by atoms with Gasteiger partial charge in [-0.1, -0.05) is 0 Å². The zero-order valence-electron chi connectivity index (χ0n) is 10.2. The topological polar surface area (TPSA) is 91.6 Å². The first-order chi connectivity index (χ1) is 8.41. The van der Waals surface area contributed by atoms with Crippen LogP contribution in [0.2, 0.25) is 0 Å². The molecular weight excluding hydrogens is 259 g/mol. The maximum atomic E-state index is 10.5. The Morgan fingerprint density at radius 1 is 1.50 bits per heavy atom. The molecule has 0 bridgehead atoms. The van der Waals surface area contributed by atoms with Gasteiger partial charge in [0.15, 0.2) is 0 Å². The summed E-state index contributed by atoms with van der Waals surface area (Å²) in [7, 11) is -4.57. The predicted molar refractivity (Wildman–Crippen MR) is 62.8 cm³/mol. The first-order valence-corrected chi connectivity index (χ1v) is 7.64. The fourth-order valence-corrected chi connectivity index (χ4v) is 3.75. The lowest BCUT2D eigenvalue weighted by atomic mass is 9.61. The molecule has 1 saturated carbocycles. The smallest absolute Gasteiger partial charge is 0.474 e. The molecule has 2 heterocycles. The number of phosphoric acid groups is 1. The van der Waals surface area contributed by atoms with E-state index in [0.717, 1.165) is 19.5 Å². The van der Waals surface area contributed by atoms with Gasteiger partial charge in [-0.25, -0.2) is 4.57 Å². The summed E-state index contributed by atoms with van der Waals surface area (Å²) in [4.78, 5) is 19.5. The lowest BCUT2D eigenvalue weighted by molar-refractivity contribution is -0.0744. The summed E-state index contributed by atoms with van der Waals surface area (Å²) < 4.78 is 20.2. The molecule has 2 N–H and O–H groups in total. The lowest BCUT2D eigenvalue weighted by Crippen LogP contribution is -2.63. The van der Waals surface area contributed by atoms with Crippen LogP contribution in [0, 0.1) is 5.92 Å². The van der Waals surface area contributed by atoms with Gasteiger partial charge >= 0.3 is 7.82 Å². The summed E-state index contributed by atoms with van der Waals surface area (Å²) in [6, 6.07) is 0. The highest BCUT2D eigenvalue weighted by Gasteiger charge is 2.64. The molecule has 3 aliphatic rings. The van der Waals surface area contributed by atoms with Crippen molar-refractivity contribution in [3.8, 4) is 0 Å². The Morgan fingerprint density at radius 3 is 2.72 bits per heavy atom. The van der Waals surface area contributed by atoms with E-state index in [9.17, 15) is 4.57 Å². The van der Waals surface area contributed by atoms with Crippen molar-refractivity contribution in [1.82, 2.24) is 4.90 Å². The van der Waals surface area contributed by atoms with E-state index >= 15 is 0 Å². The Hall–Kier alpha value is -0.620. The third kappa shape index (κ3) is 1.86. The van der Waals surface area contributed by atoms with Crippen LogP contribution in [0.15, 0.2) is 5.16 Å². The van der Waals surface area contributed by atoms with Crippen molar-refractivity contribution in [1.29, 1.82) is 0 Å². The number of nitrogens with zero attached hydrogens (tertiary/aromatic N) is 2. The molecule has 2 aliphatic heterocycles. The third-order valence-electron chi connectivity index (χ3n) is 4.47. The van der Waals surface area contributed by atoms with Crippen molar-refractivity contribution in [3.05, 3.63) is 0 Å². The van der Waals surface area contributed by atoms with Crippen molar-refractivity contribution in [3.63, 3.8) is 0 Å². The SMILES string of the molecule is C/C(=N/OP(=O)(O)O)OC1CN2CCC23CCC13. The van der Waals surface area contributed by atoms with Gasteiger partial charge in [0, 0.05) is 31.5 Å². The quantitative estimate of drug-likeness (QED) is 0.341. The second kappa shape index (κ2) is 3.93. The van der Waals surface area contributed by atoms with Crippen LogP contribution in [0.25, 0.3) is 0 Å². The molecule has 18 heavy (non-hydrogen) atoms. The van der Waals surface area contributed by atoms with Crippen LogP contribution in [-0.4, -0.2) is 45.3 Å². The molecule has 3 unspecified atom stereocenters. The van der Waals surface area contributed by atoms with Gasteiger partial charge in [0.2, 0.25) is 5.90 Å². The average Bonchev–Trinajstić information content (AvgIpc) is 2.30. The van der Waals surface area contributed by atoms with Crippen LogP contribution in [-0.2, 0) is 13.9 Å². The largest absolute Gasteiger partial charge is 0.545 e. The predicted octanol–water partition coefficient (Wildman–Crippen LogP) is 0.682. The van der Waals surface area contributed by atoms with E-state index in [0.29, 0.717) is 11.5 Å². The molecule has 3 atom stereocenters. The molecule has 1 spiro atoms. The second-order valence-corrected chi connectivity index (χ2v) is 6.43. The van der Waals surface area contributed by atoms with Gasteiger partial charge < -0.3 is 4.74 Å². The summed E-state index contributed by atoms with van der Waals surface area (Å²) in [5, 5.41) is 3.32. The highest BCUT2D eigenvalue weighted by Crippen LogP contribution is 2.58. The Morgan fingerprint density at radius 2 is 2.28 bits per heavy atom. The monoisotopic (exact) mass is 276 g/mol. The molecule has 0 aromatic heterocycles. The van der Waals surface area contributed by atoms with Gasteiger partial charge in [-0.3, -0.25) is 19.3 Å². The van der Waals surface area contributed by atoms with Crippen molar-refractivity contribution in [2.45, 2.75) is 37.8 Å². The summed E-state index contributed by atoms with van der Waals surface area (Å²) in [6.07, 6.45) is 3.72. The van der Waals surface area contributed by atoms with E-state index in [1.165, 1.54) is 12.8 Å². The van der Waals surface area contributed by atoms with E-state index in [2.05, 4.69) is 14.7 Å². The standard InChI is InChI=1S/C10H17N2O5P/c1-7(11-17-18(13,14)15)16-9-6-12-5-4-10(12)3-2-8(9)10/h8-9H,2-6H2,1H3,(H2,13,14,15)/b11-7-. The molecule has 7 nitrogen and oxygen atoms in total. The zero-order valence-corrected chi connectivity index (χ0v) is 11.0. The van der Waals surface area contributed by atoms with E-state index in [1.807, 2.05) is 0 Å². The Bertz CT molecular complexity index is 432. The van der Waals surface area contributed by atoms with Crippen LogP contribution in [0.1, 0.15) is 26.2 Å². The molecule has 2 saturated heterocycles. The number of ether oxygens (including phenoxy) is 1. The first-order valence-electron chi connectivity index (χ1n) is 6.11. The lowest BCUT2D eigenvalue weighted by Gasteiger charge is -2.57. The highest BCUT2D eigenvalue weighted by atomic mass is 31.2. The van der Waals surface area contributed by atoms with Gasteiger partial charge in [-0.05, 0) is 24.4 Å². The number of hydrogen-bond acceptors (Lipinski definition) is 5. The van der Waals surface area contributed by atoms with E-state index in [1.54, 1.807) is 6.92 Å².